The Bertz CT molecular complexity index is 1400. The zero-order valence-electron chi connectivity index (χ0n) is 16.7. The van der Waals surface area contributed by atoms with Crippen molar-refractivity contribution in [1.29, 1.82) is 5.26 Å². The van der Waals surface area contributed by atoms with Gasteiger partial charge in [-0.1, -0.05) is 41.6 Å². The van der Waals surface area contributed by atoms with Crippen LogP contribution in [0.2, 0.25) is 5.02 Å². The van der Waals surface area contributed by atoms with Crippen LogP contribution in [0.25, 0.3) is 10.9 Å². The van der Waals surface area contributed by atoms with Crippen molar-refractivity contribution in [2.24, 2.45) is 0 Å². The lowest BCUT2D eigenvalue weighted by atomic mass is 10.2. The molecule has 2 aromatic carbocycles. The highest BCUT2D eigenvalue weighted by Gasteiger charge is 2.15. The minimum atomic E-state index is -0.343. The molecule has 0 saturated carbocycles. The number of nitriles is 1. The van der Waals surface area contributed by atoms with Crippen LogP contribution in [0.15, 0.2) is 76.9 Å². The molecule has 32 heavy (non-hydrogen) atoms. The highest BCUT2D eigenvalue weighted by atomic mass is 35.5. The molecule has 0 fully saturated rings. The number of carbonyl (C=O) groups excluding carboxylic acids is 1. The normalized spacial score (nSPS) is 10.6. The average Bonchev–Trinajstić information content (AvgIpc) is 2.81. The lowest BCUT2D eigenvalue weighted by Gasteiger charge is -2.13. The monoisotopic (exact) mass is 461 g/mol. The molecule has 4 rings (SSSR count). The summed E-state index contributed by atoms with van der Waals surface area (Å²) in [7, 11) is 0. The molecule has 0 bridgehead atoms. The van der Waals surface area contributed by atoms with Crippen molar-refractivity contribution in [1.82, 2.24) is 14.5 Å². The number of para-hydroxylation sites is 1. The summed E-state index contributed by atoms with van der Waals surface area (Å²) in [5, 5.41) is 13.3. The summed E-state index contributed by atoms with van der Waals surface area (Å²) in [6, 6.07) is 17.4. The smallest absolute Gasteiger partial charge is 0.262 e. The van der Waals surface area contributed by atoms with Gasteiger partial charge in [0.15, 0.2) is 5.16 Å². The van der Waals surface area contributed by atoms with Crippen LogP contribution in [-0.4, -0.2) is 26.2 Å². The number of amides is 1. The summed E-state index contributed by atoms with van der Waals surface area (Å²) in [6.07, 6.45) is 3.35. The third-order valence-corrected chi connectivity index (χ3v) is 5.81. The Hall–Kier alpha value is -3.67. The van der Waals surface area contributed by atoms with Crippen molar-refractivity contribution < 1.29 is 4.79 Å². The van der Waals surface area contributed by atoms with E-state index in [0.29, 0.717) is 32.3 Å². The Balaban J connectivity index is 1.61. The van der Waals surface area contributed by atoms with Crippen molar-refractivity contribution in [3.8, 4) is 6.07 Å². The Kier molecular flexibility index (Phi) is 6.50. The van der Waals surface area contributed by atoms with Crippen LogP contribution in [0, 0.1) is 11.3 Å². The molecule has 0 spiro atoms. The van der Waals surface area contributed by atoms with Gasteiger partial charge in [-0.3, -0.25) is 19.1 Å². The van der Waals surface area contributed by atoms with Crippen LogP contribution in [0.5, 0.6) is 0 Å². The van der Waals surface area contributed by atoms with Crippen molar-refractivity contribution in [3.05, 3.63) is 93.5 Å². The molecule has 158 valence electrons. The van der Waals surface area contributed by atoms with Gasteiger partial charge in [0.2, 0.25) is 5.91 Å². The number of halogens is 1. The summed E-state index contributed by atoms with van der Waals surface area (Å²) in [4.78, 5) is 34.4. The number of anilines is 1. The van der Waals surface area contributed by atoms with Crippen LogP contribution >= 0.6 is 23.4 Å². The Morgan fingerprint density at radius 1 is 1.19 bits per heavy atom. The quantitative estimate of drug-likeness (QED) is 0.343. The number of nitrogens with one attached hydrogen (secondary N) is 1. The van der Waals surface area contributed by atoms with Gasteiger partial charge in [0.1, 0.15) is 6.07 Å². The van der Waals surface area contributed by atoms with Gasteiger partial charge in [0, 0.05) is 17.4 Å². The maximum absolute atomic E-state index is 13.1. The highest BCUT2D eigenvalue weighted by Crippen LogP contribution is 2.22. The number of nitrogens with zero attached hydrogens (tertiary/aromatic N) is 4. The number of rotatable bonds is 6. The van der Waals surface area contributed by atoms with Crippen LogP contribution in [0.1, 0.15) is 11.1 Å². The van der Waals surface area contributed by atoms with E-state index in [4.69, 9.17) is 11.6 Å². The first kappa shape index (κ1) is 21.6. The van der Waals surface area contributed by atoms with Gasteiger partial charge in [-0.15, -0.1) is 0 Å². The second-order valence-electron chi connectivity index (χ2n) is 6.80. The molecule has 7 nitrogen and oxygen atoms in total. The van der Waals surface area contributed by atoms with Gasteiger partial charge in [0.25, 0.3) is 5.56 Å². The molecule has 0 aliphatic carbocycles. The van der Waals surface area contributed by atoms with Crippen molar-refractivity contribution in [2.75, 3.05) is 11.1 Å². The summed E-state index contributed by atoms with van der Waals surface area (Å²) < 4.78 is 1.54. The van der Waals surface area contributed by atoms with Crippen LogP contribution in [0.4, 0.5) is 5.69 Å². The average molecular weight is 462 g/mol. The van der Waals surface area contributed by atoms with Crippen LogP contribution in [0.3, 0.4) is 0 Å². The van der Waals surface area contributed by atoms with E-state index >= 15 is 0 Å². The van der Waals surface area contributed by atoms with E-state index in [9.17, 15) is 14.9 Å². The third kappa shape index (κ3) is 4.80. The van der Waals surface area contributed by atoms with E-state index in [1.165, 1.54) is 10.6 Å². The number of carbonyl (C=O) groups is 1. The number of pyridine rings is 1. The summed E-state index contributed by atoms with van der Waals surface area (Å²) in [5.74, 6) is -0.348. The topological polar surface area (TPSA) is 101 Å². The summed E-state index contributed by atoms with van der Waals surface area (Å²) in [6.45, 7) is 0.279. The van der Waals surface area contributed by atoms with Gasteiger partial charge in [-0.25, -0.2) is 4.98 Å². The number of thioether (sulfide) groups is 1. The molecule has 0 aliphatic rings. The van der Waals surface area contributed by atoms with Gasteiger partial charge in [-0.2, -0.15) is 5.26 Å². The fourth-order valence-corrected chi connectivity index (χ4v) is 4.08. The van der Waals surface area contributed by atoms with E-state index in [2.05, 4.69) is 15.3 Å². The number of benzene rings is 2. The fraction of sp³-hybridized carbons (Fsp3) is 0.0870. The standard InChI is InChI=1S/C23H16ClN5O2S/c24-17-8-7-16(11-25)20(10-17)27-21(30)14-32-23-28-19-6-2-1-5-18(19)22(31)29(23)13-15-4-3-9-26-12-15/h1-10,12H,13-14H2,(H,27,30). The molecule has 0 unspecified atom stereocenters. The third-order valence-electron chi connectivity index (χ3n) is 4.60. The summed E-state index contributed by atoms with van der Waals surface area (Å²) >= 11 is 7.13. The number of aromatic nitrogens is 3. The lowest BCUT2D eigenvalue weighted by molar-refractivity contribution is -0.113. The number of fused-ring (bicyclic) bond motifs is 1. The first-order chi connectivity index (χ1) is 15.5. The Morgan fingerprint density at radius 2 is 2.03 bits per heavy atom. The molecule has 1 amide bonds. The maximum atomic E-state index is 13.1. The molecule has 0 atom stereocenters. The first-order valence-corrected chi connectivity index (χ1v) is 10.9. The maximum Gasteiger partial charge on any atom is 0.262 e. The van der Waals surface area contributed by atoms with Crippen molar-refractivity contribution in [2.45, 2.75) is 11.7 Å². The zero-order valence-corrected chi connectivity index (χ0v) is 18.2. The van der Waals surface area contributed by atoms with Crippen molar-refractivity contribution in [3.63, 3.8) is 0 Å². The van der Waals surface area contributed by atoms with E-state index in [1.807, 2.05) is 18.2 Å². The molecule has 0 aliphatic heterocycles. The number of hydrogen-bond acceptors (Lipinski definition) is 6. The summed E-state index contributed by atoms with van der Waals surface area (Å²) in [5.41, 5.74) is 1.86. The second kappa shape index (κ2) is 9.64. The largest absolute Gasteiger partial charge is 0.324 e. The molecule has 4 aromatic rings. The van der Waals surface area contributed by atoms with Crippen molar-refractivity contribution >= 4 is 45.9 Å². The zero-order chi connectivity index (χ0) is 22.5. The SMILES string of the molecule is N#Cc1ccc(Cl)cc1NC(=O)CSc1nc2ccccc2c(=O)n1Cc1cccnc1. The predicted molar refractivity (Wildman–Crippen MR) is 125 cm³/mol. The first-order valence-electron chi connectivity index (χ1n) is 9.56. The van der Waals surface area contributed by atoms with Gasteiger partial charge in [-0.05, 0) is 42.0 Å². The molecule has 1 N–H and O–H groups in total. The molecule has 0 saturated heterocycles. The van der Waals surface area contributed by atoms with E-state index in [-0.39, 0.29) is 23.8 Å². The number of hydrogen-bond donors (Lipinski definition) is 1. The minimum absolute atomic E-state index is 0.00476. The van der Waals surface area contributed by atoms with Gasteiger partial charge >= 0.3 is 0 Å². The van der Waals surface area contributed by atoms with E-state index in [1.54, 1.807) is 48.8 Å². The molecule has 0 radical (unpaired) electrons. The van der Waals surface area contributed by atoms with Crippen LogP contribution in [-0.2, 0) is 11.3 Å². The Morgan fingerprint density at radius 3 is 2.81 bits per heavy atom. The predicted octanol–water partition coefficient (Wildman–Crippen LogP) is 4.10. The molecule has 9 heteroatoms. The highest BCUT2D eigenvalue weighted by molar-refractivity contribution is 7.99. The lowest BCUT2D eigenvalue weighted by Crippen LogP contribution is -2.25. The Labute approximate surface area is 192 Å². The molecule has 2 heterocycles. The fourth-order valence-electron chi connectivity index (χ4n) is 3.11. The molecular formula is C23H16ClN5O2S. The van der Waals surface area contributed by atoms with E-state index < -0.39 is 0 Å². The second-order valence-corrected chi connectivity index (χ2v) is 8.18. The van der Waals surface area contributed by atoms with E-state index in [0.717, 1.165) is 17.3 Å². The minimum Gasteiger partial charge on any atom is -0.324 e. The molecular weight excluding hydrogens is 446 g/mol. The van der Waals surface area contributed by atoms with Gasteiger partial charge in [0.05, 0.1) is 34.5 Å². The van der Waals surface area contributed by atoms with Crippen LogP contribution < -0.4 is 10.9 Å². The van der Waals surface area contributed by atoms with Gasteiger partial charge < -0.3 is 5.32 Å². The molecule has 2 aromatic heterocycles.